The molecule has 86 heavy (non-hydrogen) atoms. The fourth-order valence-corrected chi connectivity index (χ4v) is 11.3. The standard InChI is InChI=1S/C72H64N6O8/c1-41-42(2)68(46-39-57(49-23-15-27-53(75-49)71-63(83-9)33-19-34-64(71)84-10)78-58(40-46)50-24-16-28-54(76-50)72-65(85-11)35-20-36-66(72)86-12)44(4)43(3)67(41)45-37-55(47-21-13-25-51(73-47)69-59(79-5)29-17-30-60(69)80-6)77-56(38-45)48-22-14-26-52(74-48)70-61(81-7)31-18-32-62(70)82-8/h13-40H,1-12H3. The summed E-state index contributed by atoms with van der Waals surface area (Å²) < 4.78 is 46.9. The van der Waals surface area contributed by atoms with Gasteiger partial charge in [-0.15, -0.1) is 0 Å². The summed E-state index contributed by atoms with van der Waals surface area (Å²) in [6, 6.07) is 54.8. The monoisotopic (exact) mass is 1140 g/mol. The largest absolute Gasteiger partial charge is 0.496 e. The third-order valence-electron chi connectivity index (χ3n) is 15.6. The molecule has 0 fully saturated rings. The van der Waals surface area contributed by atoms with Gasteiger partial charge in [0.05, 0.1) is 147 Å². The van der Waals surface area contributed by atoms with Gasteiger partial charge in [0, 0.05) is 0 Å². The van der Waals surface area contributed by atoms with Crippen LogP contribution in [0.1, 0.15) is 22.3 Å². The SMILES string of the molecule is COc1cccc(OC)c1-c1cccc(-c2cc(-c3c(C)c(C)c(-c4cc(-c5cccc(-c6c(OC)cccc6OC)n5)nc(-c5cccc(-c6c(OC)cccc6OC)n5)c4)c(C)c3C)cc(-c3cccc(-c4c(OC)cccc4OC)n3)n2)n1. The summed E-state index contributed by atoms with van der Waals surface area (Å²) in [5.74, 6) is 5.05. The Morgan fingerprint density at radius 3 is 0.547 bits per heavy atom. The van der Waals surface area contributed by atoms with Gasteiger partial charge in [0.25, 0.3) is 0 Å². The highest BCUT2D eigenvalue weighted by molar-refractivity contribution is 5.89. The Balaban J connectivity index is 1.12. The lowest BCUT2D eigenvalue weighted by Gasteiger charge is -2.23. The van der Waals surface area contributed by atoms with Crippen LogP contribution in [0, 0.1) is 27.7 Å². The molecule has 6 heterocycles. The lowest BCUT2D eigenvalue weighted by Crippen LogP contribution is -2.03. The number of methoxy groups -OCH3 is 8. The average Bonchev–Trinajstić information content (AvgIpc) is 1.00. The van der Waals surface area contributed by atoms with E-state index >= 15 is 0 Å². The molecule has 5 aromatic carbocycles. The molecule has 0 aliphatic rings. The Hall–Kier alpha value is -10.6. The predicted octanol–water partition coefficient (Wildman–Crippen LogP) is 16.0. The second kappa shape index (κ2) is 24.7. The molecular formula is C72H64N6O8. The van der Waals surface area contributed by atoms with Gasteiger partial charge in [-0.1, -0.05) is 48.5 Å². The van der Waals surface area contributed by atoms with Crippen molar-refractivity contribution in [1.82, 2.24) is 29.9 Å². The van der Waals surface area contributed by atoms with Crippen molar-refractivity contribution in [2.24, 2.45) is 0 Å². The first-order chi connectivity index (χ1) is 41.9. The van der Waals surface area contributed by atoms with Crippen molar-refractivity contribution in [1.29, 1.82) is 0 Å². The molecule has 0 saturated heterocycles. The van der Waals surface area contributed by atoms with Crippen molar-refractivity contribution in [3.05, 3.63) is 192 Å². The number of rotatable bonds is 18. The van der Waals surface area contributed by atoms with Crippen LogP contribution in [-0.2, 0) is 0 Å². The number of hydrogen-bond acceptors (Lipinski definition) is 14. The van der Waals surface area contributed by atoms with Gasteiger partial charge in [0.15, 0.2) is 0 Å². The molecule has 0 aliphatic heterocycles. The van der Waals surface area contributed by atoms with Crippen molar-refractivity contribution in [2.45, 2.75) is 27.7 Å². The summed E-state index contributed by atoms with van der Waals surface area (Å²) in [6.07, 6.45) is 0. The molecule has 0 amide bonds. The first kappa shape index (κ1) is 57.2. The van der Waals surface area contributed by atoms with Crippen LogP contribution in [0.5, 0.6) is 46.0 Å². The molecule has 0 atom stereocenters. The summed E-state index contributed by atoms with van der Waals surface area (Å²) in [6.45, 7) is 8.72. The summed E-state index contributed by atoms with van der Waals surface area (Å²) in [7, 11) is 13.1. The van der Waals surface area contributed by atoms with Gasteiger partial charge in [-0.05, 0) is 194 Å². The minimum Gasteiger partial charge on any atom is -0.496 e. The van der Waals surface area contributed by atoms with E-state index in [0.717, 1.165) is 66.8 Å². The highest BCUT2D eigenvalue weighted by Gasteiger charge is 2.25. The van der Waals surface area contributed by atoms with E-state index in [4.69, 9.17) is 67.8 Å². The van der Waals surface area contributed by atoms with Crippen LogP contribution in [0.25, 0.3) is 113 Å². The van der Waals surface area contributed by atoms with E-state index in [2.05, 4.69) is 52.0 Å². The number of aromatic nitrogens is 6. The van der Waals surface area contributed by atoms with Crippen molar-refractivity contribution in [3.8, 4) is 159 Å². The minimum absolute atomic E-state index is 0.631. The third kappa shape index (κ3) is 10.7. The number of ether oxygens (including phenoxy) is 8. The van der Waals surface area contributed by atoms with Crippen LogP contribution in [0.2, 0.25) is 0 Å². The van der Waals surface area contributed by atoms with E-state index in [9.17, 15) is 0 Å². The second-order valence-corrected chi connectivity index (χ2v) is 20.3. The molecule has 14 heteroatoms. The molecule has 430 valence electrons. The summed E-state index contributed by atoms with van der Waals surface area (Å²) >= 11 is 0. The molecule has 0 N–H and O–H groups in total. The van der Waals surface area contributed by atoms with E-state index in [-0.39, 0.29) is 0 Å². The topological polar surface area (TPSA) is 151 Å². The van der Waals surface area contributed by atoms with E-state index in [1.807, 2.05) is 146 Å². The van der Waals surface area contributed by atoms with E-state index in [0.29, 0.717) is 114 Å². The average molecular weight is 1140 g/mol. The molecule has 0 unspecified atom stereocenters. The van der Waals surface area contributed by atoms with Crippen molar-refractivity contribution >= 4 is 0 Å². The van der Waals surface area contributed by atoms with Gasteiger partial charge >= 0.3 is 0 Å². The molecule has 0 bridgehead atoms. The van der Waals surface area contributed by atoms with Gasteiger partial charge in [-0.25, -0.2) is 29.9 Å². The van der Waals surface area contributed by atoms with Crippen molar-refractivity contribution in [2.75, 3.05) is 56.9 Å². The Kier molecular flexibility index (Phi) is 16.4. The molecule has 0 radical (unpaired) electrons. The van der Waals surface area contributed by atoms with Crippen LogP contribution in [0.3, 0.4) is 0 Å². The van der Waals surface area contributed by atoms with Crippen LogP contribution in [-0.4, -0.2) is 86.8 Å². The molecule has 14 nitrogen and oxygen atoms in total. The van der Waals surface area contributed by atoms with Crippen LogP contribution in [0.15, 0.2) is 170 Å². The number of pyridine rings is 6. The molecule has 11 aromatic rings. The predicted molar refractivity (Wildman–Crippen MR) is 339 cm³/mol. The zero-order valence-electron chi connectivity index (χ0n) is 50.1. The highest BCUT2D eigenvalue weighted by Crippen LogP contribution is 2.46. The van der Waals surface area contributed by atoms with Crippen LogP contribution in [0.4, 0.5) is 0 Å². The third-order valence-corrected chi connectivity index (χ3v) is 15.6. The molecule has 0 spiro atoms. The quantitative estimate of drug-likeness (QED) is 0.0801. The van der Waals surface area contributed by atoms with Crippen LogP contribution < -0.4 is 37.9 Å². The maximum atomic E-state index is 5.86. The normalized spacial score (nSPS) is 11.0. The fourth-order valence-electron chi connectivity index (χ4n) is 11.3. The molecule has 11 rings (SSSR count). The molecule has 0 aliphatic carbocycles. The Morgan fingerprint density at radius 2 is 0.360 bits per heavy atom. The van der Waals surface area contributed by atoms with E-state index < -0.39 is 0 Å². The minimum atomic E-state index is 0.631. The summed E-state index contributed by atoms with van der Waals surface area (Å²) in [4.78, 5) is 31.8. The van der Waals surface area contributed by atoms with E-state index in [1.165, 1.54) is 0 Å². The first-order valence-corrected chi connectivity index (χ1v) is 27.8. The van der Waals surface area contributed by atoms with Crippen molar-refractivity contribution in [3.63, 3.8) is 0 Å². The van der Waals surface area contributed by atoms with Gasteiger partial charge in [0.1, 0.15) is 46.0 Å². The lowest BCUT2D eigenvalue weighted by atomic mass is 9.83. The summed E-state index contributed by atoms with van der Waals surface area (Å²) in [5.41, 5.74) is 18.9. The maximum absolute atomic E-state index is 5.86. The van der Waals surface area contributed by atoms with Gasteiger partial charge in [-0.2, -0.15) is 0 Å². The number of benzene rings is 5. The Bertz CT molecular complexity index is 3740. The van der Waals surface area contributed by atoms with Gasteiger partial charge in [0.2, 0.25) is 0 Å². The smallest absolute Gasteiger partial charge is 0.132 e. The van der Waals surface area contributed by atoms with Gasteiger partial charge < -0.3 is 37.9 Å². The highest BCUT2D eigenvalue weighted by atomic mass is 16.5. The first-order valence-electron chi connectivity index (χ1n) is 27.8. The van der Waals surface area contributed by atoms with Crippen LogP contribution >= 0.6 is 0 Å². The second-order valence-electron chi connectivity index (χ2n) is 20.3. The van der Waals surface area contributed by atoms with E-state index in [1.54, 1.807) is 56.9 Å². The zero-order valence-corrected chi connectivity index (χ0v) is 50.1. The maximum Gasteiger partial charge on any atom is 0.132 e. The van der Waals surface area contributed by atoms with Crippen molar-refractivity contribution < 1.29 is 37.9 Å². The number of nitrogens with zero attached hydrogens (tertiary/aromatic N) is 6. The Morgan fingerprint density at radius 1 is 0.198 bits per heavy atom. The molecule has 6 aromatic heterocycles. The number of hydrogen-bond donors (Lipinski definition) is 0. The lowest BCUT2D eigenvalue weighted by molar-refractivity contribution is 0.397. The molecular weight excluding hydrogens is 1080 g/mol. The molecule has 0 saturated carbocycles. The summed E-state index contributed by atoms with van der Waals surface area (Å²) in [5, 5.41) is 0. The van der Waals surface area contributed by atoms with Gasteiger partial charge in [-0.3, -0.25) is 0 Å². The fraction of sp³-hybridized carbons (Fsp3) is 0.167. The Labute approximate surface area is 501 Å². The zero-order chi connectivity index (χ0) is 60.2.